The van der Waals surface area contributed by atoms with Gasteiger partial charge in [0, 0.05) is 35.5 Å². The van der Waals surface area contributed by atoms with Crippen LogP contribution in [-0.4, -0.2) is 35.0 Å². The minimum Gasteiger partial charge on any atom is -0.345 e. The highest BCUT2D eigenvalue weighted by molar-refractivity contribution is 7.86. The van der Waals surface area contributed by atoms with E-state index in [1.165, 1.54) is 18.5 Å². The van der Waals surface area contributed by atoms with Crippen LogP contribution in [0, 0.1) is 11.6 Å². The van der Waals surface area contributed by atoms with Crippen LogP contribution in [-0.2, 0) is 10.2 Å². The smallest absolute Gasteiger partial charge is 0.277 e. The second-order valence-corrected chi connectivity index (χ2v) is 9.01. The molecule has 3 N–H and O–H groups in total. The molecule has 30 heavy (non-hydrogen) atoms. The predicted molar refractivity (Wildman–Crippen MR) is 107 cm³/mol. The summed E-state index contributed by atoms with van der Waals surface area (Å²) in [6.07, 6.45) is 4.20. The molecule has 0 aliphatic carbocycles. The van der Waals surface area contributed by atoms with Crippen LogP contribution in [0.3, 0.4) is 0 Å². The number of rotatable bonds is 4. The van der Waals surface area contributed by atoms with Gasteiger partial charge in [0.25, 0.3) is 10.2 Å². The standard InChI is InChI=1S/C19H17ClF2N4O3S/c20-10-7-12-13(9-25-19(12)24-8-10)18(27)16-14(21)5-4-11(17(16)22)15-3-1-2-6-26(15)30(23,28)29/h4-5,7-9,15H,1-3,6H2,(H,24,25)(H2,23,28,29). The SMILES string of the molecule is NS(=O)(=O)N1CCCCC1c1ccc(F)c(C(=O)c2c[nH]c3ncc(Cl)cc23)c1F. The van der Waals surface area contributed by atoms with Crippen molar-refractivity contribution in [3.63, 3.8) is 0 Å². The number of hydrogen-bond acceptors (Lipinski definition) is 4. The van der Waals surface area contributed by atoms with Gasteiger partial charge in [-0.15, -0.1) is 0 Å². The number of aromatic nitrogens is 2. The molecule has 0 spiro atoms. The van der Waals surface area contributed by atoms with Crippen molar-refractivity contribution in [1.82, 2.24) is 14.3 Å². The predicted octanol–water partition coefficient (Wildman–Crippen LogP) is 3.46. The summed E-state index contributed by atoms with van der Waals surface area (Å²) in [5, 5.41) is 5.86. The summed E-state index contributed by atoms with van der Waals surface area (Å²) in [6.45, 7) is 0.121. The number of benzene rings is 1. The number of nitrogens with zero attached hydrogens (tertiary/aromatic N) is 2. The topological polar surface area (TPSA) is 109 Å². The fraction of sp³-hybridized carbons (Fsp3) is 0.263. The lowest BCUT2D eigenvalue weighted by molar-refractivity contribution is 0.103. The van der Waals surface area contributed by atoms with Gasteiger partial charge in [-0.3, -0.25) is 4.79 Å². The minimum absolute atomic E-state index is 0.00176. The fourth-order valence-corrected chi connectivity index (χ4v) is 4.97. The summed E-state index contributed by atoms with van der Waals surface area (Å²) < 4.78 is 54.9. The molecule has 4 rings (SSSR count). The van der Waals surface area contributed by atoms with E-state index < -0.39 is 39.2 Å². The van der Waals surface area contributed by atoms with Crippen molar-refractivity contribution in [2.24, 2.45) is 5.14 Å². The van der Waals surface area contributed by atoms with Gasteiger partial charge in [-0.2, -0.15) is 12.7 Å². The highest BCUT2D eigenvalue weighted by atomic mass is 35.5. The molecular formula is C19H17ClF2N4O3S. The Labute approximate surface area is 176 Å². The summed E-state index contributed by atoms with van der Waals surface area (Å²) in [5.74, 6) is -3.06. The van der Waals surface area contributed by atoms with E-state index in [9.17, 15) is 17.6 Å². The second-order valence-electron chi connectivity index (χ2n) is 7.07. The number of carbonyl (C=O) groups excluding carboxylic acids is 1. The van der Waals surface area contributed by atoms with E-state index in [-0.39, 0.29) is 22.7 Å². The van der Waals surface area contributed by atoms with E-state index in [2.05, 4.69) is 9.97 Å². The third kappa shape index (κ3) is 3.60. The lowest BCUT2D eigenvalue weighted by atomic mass is 9.93. The number of nitrogens with one attached hydrogen (secondary N) is 1. The number of halogens is 3. The first-order valence-corrected chi connectivity index (χ1v) is 11.0. The van der Waals surface area contributed by atoms with Crippen LogP contribution < -0.4 is 5.14 Å². The van der Waals surface area contributed by atoms with Crippen molar-refractivity contribution in [3.8, 4) is 0 Å². The number of H-pyrrole nitrogens is 1. The monoisotopic (exact) mass is 454 g/mol. The Morgan fingerprint density at radius 1 is 1.30 bits per heavy atom. The van der Waals surface area contributed by atoms with Gasteiger partial charge >= 0.3 is 0 Å². The lowest BCUT2D eigenvalue weighted by Gasteiger charge is -2.33. The molecule has 1 fully saturated rings. The minimum atomic E-state index is -4.10. The summed E-state index contributed by atoms with van der Waals surface area (Å²) in [6, 6.07) is 2.67. The lowest BCUT2D eigenvalue weighted by Crippen LogP contribution is -2.42. The molecule has 0 saturated carbocycles. The molecule has 0 bridgehead atoms. The zero-order valence-corrected chi connectivity index (χ0v) is 17.1. The first kappa shape index (κ1) is 20.9. The number of ketones is 1. The van der Waals surface area contributed by atoms with Crippen LogP contribution in [0.25, 0.3) is 11.0 Å². The maximum absolute atomic E-state index is 15.4. The number of hydrogen-bond donors (Lipinski definition) is 2. The Kier molecular flexibility index (Phi) is 5.35. The number of fused-ring (bicyclic) bond motifs is 1. The average Bonchev–Trinajstić information content (AvgIpc) is 3.10. The molecule has 1 aliphatic rings. The fourth-order valence-electron chi connectivity index (χ4n) is 3.85. The summed E-state index contributed by atoms with van der Waals surface area (Å²) in [5.41, 5.74) is -0.521. The van der Waals surface area contributed by atoms with Gasteiger partial charge in [-0.1, -0.05) is 24.1 Å². The second kappa shape index (κ2) is 7.69. The van der Waals surface area contributed by atoms with Crippen molar-refractivity contribution >= 4 is 38.6 Å². The van der Waals surface area contributed by atoms with Gasteiger partial charge in [0.05, 0.1) is 16.6 Å². The van der Waals surface area contributed by atoms with E-state index in [1.807, 2.05) is 0 Å². The van der Waals surface area contributed by atoms with E-state index in [0.29, 0.717) is 30.3 Å². The molecule has 158 valence electrons. The van der Waals surface area contributed by atoms with E-state index >= 15 is 4.39 Å². The number of pyridine rings is 1. The Morgan fingerprint density at radius 3 is 2.80 bits per heavy atom. The van der Waals surface area contributed by atoms with Crippen LogP contribution in [0.15, 0.2) is 30.6 Å². The molecule has 3 aromatic rings. The number of nitrogens with two attached hydrogens (primary N) is 1. The third-order valence-electron chi connectivity index (χ3n) is 5.23. The number of carbonyl (C=O) groups is 1. The quantitative estimate of drug-likeness (QED) is 0.588. The Bertz CT molecular complexity index is 1260. The van der Waals surface area contributed by atoms with Gasteiger partial charge in [0.15, 0.2) is 0 Å². The molecule has 1 aliphatic heterocycles. The van der Waals surface area contributed by atoms with Crippen LogP contribution in [0.5, 0.6) is 0 Å². The molecule has 1 unspecified atom stereocenters. The van der Waals surface area contributed by atoms with E-state index in [1.54, 1.807) is 0 Å². The first-order valence-electron chi connectivity index (χ1n) is 9.13. The summed E-state index contributed by atoms with van der Waals surface area (Å²) in [4.78, 5) is 19.9. The van der Waals surface area contributed by atoms with Crippen LogP contribution >= 0.6 is 11.6 Å². The molecule has 1 saturated heterocycles. The molecule has 0 radical (unpaired) electrons. The maximum atomic E-state index is 15.4. The van der Waals surface area contributed by atoms with Gasteiger partial charge in [-0.25, -0.2) is 18.9 Å². The van der Waals surface area contributed by atoms with Crippen LogP contribution in [0.2, 0.25) is 5.02 Å². The molecule has 2 aromatic heterocycles. The summed E-state index contributed by atoms with van der Waals surface area (Å²) >= 11 is 5.94. The normalized spacial score (nSPS) is 18.1. The van der Waals surface area contributed by atoms with Gasteiger partial charge in [0.1, 0.15) is 17.3 Å². The molecular weight excluding hydrogens is 438 g/mol. The molecule has 0 amide bonds. The summed E-state index contributed by atoms with van der Waals surface area (Å²) in [7, 11) is -4.10. The molecule has 1 atom stereocenters. The Balaban J connectivity index is 1.83. The Morgan fingerprint density at radius 2 is 2.07 bits per heavy atom. The largest absolute Gasteiger partial charge is 0.345 e. The third-order valence-corrected chi connectivity index (χ3v) is 6.53. The molecule has 7 nitrogen and oxygen atoms in total. The first-order chi connectivity index (χ1) is 14.2. The zero-order valence-electron chi connectivity index (χ0n) is 15.5. The highest BCUT2D eigenvalue weighted by Gasteiger charge is 2.35. The van der Waals surface area contributed by atoms with Crippen molar-refractivity contribution in [2.45, 2.75) is 25.3 Å². The van der Waals surface area contributed by atoms with E-state index in [0.717, 1.165) is 16.4 Å². The van der Waals surface area contributed by atoms with Gasteiger partial charge < -0.3 is 4.98 Å². The maximum Gasteiger partial charge on any atom is 0.277 e. The zero-order chi connectivity index (χ0) is 21.6. The molecule has 1 aromatic carbocycles. The number of aromatic amines is 1. The van der Waals surface area contributed by atoms with Crippen molar-refractivity contribution in [2.75, 3.05) is 6.54 Å². The van der Waals surface area contributed by atoms with Gasteiger partial charge in [-0.05, 0) is 25.0 Å². The van der Waals surface area contributed by atoms with Crippen LogP contribution in [0.1, 0.15) is 46.8 Å². The van der Waals surface area contributed by atoms with Crippen molar-refractivity contribution in [3.05, 3.63) is 63.9 Å². The van der Waals surface area contributed by atoms with E-state index in [4.69, 9.17) is 16.7 Å². The highest BCUT2D eigenvalue weighted by Crippen LogP contribution is 2.36. The Hall–Kier alpha value is -2.40. The van der Waals surface area contributed by atoms with Crippen molar-refractivity contribution < 1.29 is 22.0 Å². The van der Waals surface area contributed by atoms with Crippen molar-refractivity contribution in [1.29, 1.82) is 0 Å². The van der Waals surface area contributed by atoms with Crippen LogP contribution in [0.4, 0.5) is 8.78 Å². The molecule has 3 heterocycles. The number of piperidine rings is 1. The van der Waals surface area contributed by atoms with Gasteiger partial charge in [0.2, 0.25) is 5.78 Å². The molecule has 11 heteroatoms. The average molecular weight is 455 g/mol.